The number of anilines is 1. The minimum absolute atomic E-state index is 0.102. The SMILES string of the molecule is CCOc1ccc(Cl)c(/C(O)=C2\C(=O)C(=O)N(c3cccc(F)c3)C2c2cccc(O)c2)c1. The number of halogens is 2. The molecular formula is C25H19ClFNO5. The average Bonchev–Trinajstić information content (AvgIpc) is 3.05. The Morgan fingerprint density at radius 3 is 2.55 bits per heavy atom. The van der Waals surface area contributed by atoms with E-state index < -0.39 is 29.3 Å². The van der Waals surface area contributed by atoms with Crippen molar-refractivity contribution in [2.24, 2.45) is 0 Å². The van der Waals surface area contributed by atoms with E-state index in [0.29, 0.717) is 17.9 Å². The minimum Gasteiger partial charge on any atom is -0.508 e. The Bertz CT molecular complexity index is 1290. The van der Waals surface area contributed by atoms with E-state index in [4.69, 9.17) is 16.3 Å². The first-order chi connectivity index (χ1) is 15.8. The van der Waals surface area contributed by atoms with Crippen LogP contribution in [-0.4, -0.2) is 28.5 Å². The topological polar surface area (TPSA) is 87.1 Å². The summed E-state index contributed by atoms with van der Waals surface area (Å²) in [6.07, 6.45) is 0. The zero-order valence-corrected chi connectivity index (χ0v) is 18.2. The van der Waals surface area contributed by atoms with Crippen molar-refractivity contribution in [3.05, 3.63) is 94.3 Å². The molecule has 1 aliphatic heterocycles. The standard InChI is InChI=1S/C25H19ClFNO5/c1-2-33-18-9-10-20(26)19(13-18)23(30)21-22(14-5-3-8-17(29)11-14)28(25(32)24(21)31)16-7-4-6-15(27)12-16/h3-13,22,29-30H,2H2,1H3/b23-21+. The van der Waals surface area contributed by atoms with Crippen LogP contribution in [0.4, 0.5) is 10.1 Å². The van der Waals surface area contributed by atoms with Gasteiger partial charge in [-0.25, -0.2) is 4.39 Å². The molecule has 4 rings (SSSR count). The number of ether oxygens (including phenoxy) is 1. The number of aliphatic hydroxyl groups is 1. The number of carbonyl (C=O) groups excluding carboxylic acids is 2. The fourth-order valence-corrected chi connectivity index (χ4v) is 4.03. The maximum atomic E-state index is 14.0. The molecule has 1 aliphatic rings. The van der Waals surface area contributed by atoms with E-state index in [2.05, 4.69) is 0 Å². The molecule has 0 aromatic heterocycles. The van der Waals surface area contributed by atoms with Crippen LogP contribution >= 0.6 is 11.6 Å². The highest BCUT2D eigenvalue weighted by Crippen LogP contribution is 2.44. The number of ketones is 1. The van der Waals surface area contributed by atoms with Gasteiger partial charge < -0.3 is 14.9 Å². The van der Waals surface area contributed by atoms with Gasteiger partial charge in [0.2, 0.25) is 0 Å². The van der Waals surface area contributed by atoms with Crippen molar-refractivity contribution in [1.29, 1.82) is 0 Å². The number of phenols is 1. The molecule has 3 aromatic rings. The molecular weight excluding hydrogens is 449 g/mol. The maximum Gasteiger partial charge on any atom is 0.300 e. The Hall–Kier alpha value is -3.84. The van der Waals surface area contributed by atoms with Crippen molar-refractivity contribution in [3.63, 3.8) is 0 Å². The zero-order valence-electron chi connectivity index (χ0n) is 17.5. The summed E-state index contributed by atoms with van der Waals surface area (Å²) in [6.45, 7) is 2.16. The number of hydrogen-bond acceptors (Lipinski definition) is 5. The number of aliphatic hydroxyl groups excluding tert-OH is 1. The van der Waals surface area contributed by atoms with Gasteiger partial charge in [-0.05, 0) is 61.0 Å². The van der Waals surface area contributed by atoms with Crippen molar-refractivity contribution in [3.8, 4) is 11.5 Å². The summed E-state index contributed by atoms with van der Waals surface area (Å²) in [7, 11) is 0. The molecule has 0 bridgehead atoms. The van der Waals surface area contributed by atoms with E-state index in [-0.39, 0.29) is 27.6 Å². The Balaban J connectivity index is 1.97. The second-order valence-electron chi connectivity index (χ2n) is 7.32. The van der Waals surface area contributed by atoms with Crippen molar-refractivity contribution in [2.45, 2.75) is 13.0 Å². The minimum atomic E-state index is -1.13. The molecule has 0 spiro atoms. The molecule has 1 unspecified atom stereocenters. The Morgan fingerprint density at radius 2 is 1.85 bits per heavy atom. The van der Waals surface area contributed by atoms with Crippen molar-refractivity contribution < 1.29 is 28.9 Å². The predicted octanol–water partition coefficient (Wildman–Crippen LogP) is 5.21. The molecule has 2 N–H and O–H groups in total. The first-order valence-corrected chi connectivity index (χ1v) is 10.5. The van der Waals surface area contributed by atoms with Gasteiger partial charge in [-0.15, -0.1) is 0 Å². The number of hydrogen-bond donors (Lipinski definition) is 2. The number of benzene rings is 3. The summed E-state index contributed by atoms with van der Waals surface area (Å²) in [5.41, 5.74) is 0.325. The van der Waals surface area contributed by atoms with Gasteiger partial charge in [0.25, 0.3) is 11.7 Å². The zero-order chi connectivity index (χ0) is 23.7. The van der Waals surface area contributed by atoms with E-state index in [1.165, 1.54) is 42.5 Å². The van der Waals surface area contributed by atoms with Crippen LogP contribution in [-0.2, 0) is 9.59 Å². The average molecular weight is 468 g/mol. The van der Waals surface area contributed by atoms with Gasteiger partial charge in [-0.3, -0.25) is 14.5 Å². The number of Topliss-reactive ketones (excluding diaryl/α,β-unsaturated/α-hetero) is 1. The summed E-state index contributed by atoms with van der Waals surface area (Å²) in [5, 5.41) is 21.4. The Morgan fingerprint density at radius 1 is 1.09 bits per heavy atom. The molecule has 1 amide bonds. The quantitative estimate of drug-likeness (QED) is 0.305. The highest BCUT2D eigenvalue weighted by molar-refractivity contribution is 6.52. The van der Waals surface area contributed by atoms with Gasteiger partial charge in [0.05, 0.1) is 23.2 Å². The Labute approximate surface area is 194 Å². The van der Waals surface area contributed by atoms with E-state index in [1.54, 1.807) is 25.1 Å². The van der Waals surface area contributed by atoms with E-state index in [9.17, 15) is 24.2 Å². The van der Waals surface area contributed by atoms with Crippen LogP contribution < -0.4 is 9.64 Å². The monoisotopic (exact) mass is 467 g/mol. The fraction of sp³-hybridized carbons (Fsp3) is 0.120. The van der Waals surface area contributed by atoms with Gasteiger partial charge in [-0.2, -0.15) is 0 Å². The third-order valence-electron chi connectivity index (χ3n) is 5.22. The number of nitrogens with zero attached hydrogens (tertiary/aromatic N) is 1. The first kappa shape index (κ1) is 22.4. The summed E-state index contributed by atoms with van der Waals surface area (Å²) in [6, 6.07) is 14.6. The van der Waals surface area contributed by atoms with Crippen molar-refractivity contribution in [1.82, 2.24) is 0 Å². The lowest BCUT2D eigenvalue weighted by atomic mass is 9.95. The van der Waals surface area contributed by atoms with Crippen LogP contribution in [0, 0.1) is 5.82 Å². The van der Waals surface area contributed by atoms with Crippen LogP contribution in [0.25, 0.3) is 5.76 Å². The molecule has 8 heteroatoms. The molecule has 168 valence electrons. The van der Waals surface area contributed by atoms with Gasteiger partial charge in [-0.1, -0.05) is 29.8 Å². The van der Waals surface area contributed by atoms with Crippen molar-refractivity contribution in [2.75, 3.05) is 11.5 Å². The second kappa shape index (κ2) is 8.96. The summed E-state index contributed by atoms with van der Waals surface area (Å²) in [4.78, 5) is 27.3. The highest BCUT2D eigenvalue weighted by Gasteiger charge is 2.47. The van der Waals surface area contributed by atoms with Crippen LogP contribution in [0.5, 0.6) is 11.5 Å². The number of rotatable bonds is 5. The van der Waals surface area contributed by atoms with Gasteiger partial charge in [0.1, 0.15) is 23.1 Å². The fourth-order valence-electron chi connectivity index (χ4n) is 3.82. The molecule has 0 radical (unpaired) electrons. The Kier molecular flexibility index (Phi) is 6.07. The molecule has 0 saturated carbocycles. The summed E-state index contributed by atoms with van der Waals surface area (Å²) >= 11 is 6.30. The van der Waals surface area contributed by atoms with E-state index >= 15 is 0 Å². The highest BCUT2D eigenvalue weighted by atomic mass is 35.5. The molecule has 33 heavy (non-hydrogen) atoms. The van der Waals surface area contributed by atoms with Crippen LogP contribution in [0.15, 0.2) is 72.3 Å². The lowest BCUT2D eigenvalue weighted by Gasteiger charge is -2.25. The third kappa shape index (κ3) is 4.15. The smallest absolute Gasteiger partial charge is 0.300 e. The predicted molar refractivity (Wildman–Crippen MR) is 122 cm³/mol. The van der Waals surface area contributed by atoms with E-state index in [0.717, 1.165) is 11.0 Å². The summed E-state index contributed by atoms with van der Waals surface area (Å²) in [5.74, 6) is -2.72. The van der Waals surface area contributed by atoms with Gasteiger partial charge >= 0.3 is 0 Å². The lowest BCUT2D eigenvalue weighted by molar-refractivity contribution is -0.132. The van der Waals surface area contributed by atoms with Crippen LogP contribution in [0.1, 0.15) is 24.1 Å². The van der Waals surface area contributed by atoms with Gasteiger partial charge in [0.15, 0.2) is 0 Å². The molecule has 1 heterocycles. The number of carbonyl (C=O) groups is 2. The van der Waals surface area contributed by atoms with Crippen LogP contribution in [0.3, 0.4) is 0 Å². The largest absolute Gasteiger partial charge is 0.508 e. The first-order valence-electron chi connectivity index (χ1n) is 10.1. The van der Waals surface area contributed by atoms with Crippen molar-refractivity contribution >= 4 is 34.7 Å². The number of phenolic OH excluding ortho intramolecular Hbond substituents is 1. The molecule has 6 nitrogen and oxygen atoms in total. The maximum absolute atomic E-state index is 14.0. The normalized spacial score (nSPS) is 17.4. The molecule has 3 aromatic carbocycles. The summed E-state index contributed by atoms with van der Waals surface area (Å²) < 4.78 is 19.4. The van der Waals surface area contributed by atoms with Crippen LogP contribution in [0.2, 0.25) is 5.02 Å². The number of amides is 1. The lowest BCUT2D eigenvalue weighted by Crippen LogP contribution is -2.29. The molecule has 0 aliphatic carbocycles. The van der Waals surface area contributed by atoms with Gasteiger partial charge in [0, 0.05) is 11.3 Å². The molecule has 1 fully saturated rings. The van der Waals surface area contributed by atoms with E-state index in [1.807, 2.05) is 0 Å². The molecule has 1 saturated heterocycles. The number of aromatic hydroxyl groups is 1. The molecule has 1 atom stereocenters. The third-order valence-corrected chi connectivity index (χ3v) is 5.55. The second-order valence-corrected chi connectivity index (χ2v) is 7.73.